The van der Waals surface area contributed by atoms with Crippen molar-refractivity contribution in [3.05, 3.63) is 78.7 Å². The second-order valence-electron chi connectivity index (χ2n) is 6.24. The van der Waals surface area contributed by atoms with Crippen molar-refractivity contribution in [2.45, 2.75) is 0 Å². The molecule has 0 atom stereocenters. The van der Waals surface area contributed by atoms with Gasteiger partial charge in [0.15, 0.2) is 10.7 Å². The van der Waals surface area contributed by atoms with E-state index in [4.69, 9.17) is 16.6 Å². The molecule has 1 amide bonds. The van der Waals surface area contributed by atoms with E-state index >= 15 is 0 Å². The van der Waals surface area contributed by atoms with Crippen LogP contribution in [-0.2, 0) is 0 Å². The van der Waals surface area contributed by atoms with Gasteiger partial charge < -0.3 is 9.73 Å². The molecule has 2 N–H and O–H groups in total. The van der Waals surface area contributed by atoms with Gasteiger partial charge in [-0.05, 0) is 111 Å². The number of halogens is 3. The fourth-order valence-corrected chi connectivity index (χ4v) is 4.10. The number of nitrogens with zero attached hydrogens (tertiary/aromatic N) is 1. The molecule has 5 nitrogen and oxygen atoms in total. The third-order valence-electron chi connectivity index (χ3n) is 4.14. The van der Waals surface area contributed by atoms with Gasteiger partial charge in [-0.15, -0.1) is 0 Å². The van der Waals surface area contributed by atoms with Gasteiger partial charge in [-0.1, -0.05) is 15.9 Å². The van der Waals surface area contributed by atoms with Crippen LogP contribution >= 0.6 is 66.7 Å². The normalized spacial score (nSPS) is 10.8. The lowest BCUT2D eigenvalue weighted by Gasteiger charge is -2.09. The quantitative estimate of drug-likeness (QED) is 0.189. The monoisotopic (exact) mass is 655 g/mol. The molecule has 4 rings (SSSR count). The molecular weight excluding hydrogens is 645 g/mol. The molecule has 0 bridgehead atoms. The van der Waals surface area contributed by atoms with E-state index in [9.17, 15) is 4.79 Å². The Morgan fingerprint density at radius 3 is 2.57 bits per heavy atom. The molecule has 0 radical (unpaired) electrons. The molecular formula is C21H12Br2IN3O2S. The van der Waals surface area contributed by atoms with Crippen LogP contribution in [0.4, 0.5) is 5.69 Å². The standard InChI is InChI=1S/C21H12Br2IN3O2S/c22-12-3-1-11(2-4-12)19(28)27-21(30)25-14-6-8-18-17(10-14)26-20(29-18)15-9-13(24)5-7-16(15)23/h1-10H,(H2,25,27,28,30). The minimum Gasteiger partial charge on any atom is -0.436 e. The van der Waals surface area contributed by atoms with E-state index in [2.05, 4.69) is 70.1 Å². The van der Waals surface area contributed by atoms with Gasteiger partial charge >= 0.3 is 0 Å². The molecule has 1 heterocycles. The van der Waals surface area contributed by atoms with Crippen LogP contribution in [0.2, 0.25) is 0 Å². The minimum atomic E-state index is -0.284. The van der Waals surface area contributed by atoms with Crippen molar-refractivity contribution >= 4 is 94.5 Å². The molecule has 30 heavy (non-hydrogen) atoms. The Morgan fingerprint density at radius 2 is 1.80 bits per heavy atom. The highest BCUT2D eigenvalue weighted by molar-refractivity contribution is 14.1. The summed E-state index contributed by atoms with van der Waals surface area (Å²) < 4.78 is 8.80. The van der Waals surface area contributed by atoms with E-state index in [1.54, 1.807) is 24.3 Å². The predicted molar refractivity (Wildman–Crippen MR) is 138 cm³/mol. The highest BCUT2D eigenvalue weighted by Gasteiger charge is 2.13. The number of oxazole rings is 1. The topological polar surface area (TPSA) is 67.2 Å². The van der Waals surface area contributed by atoms with Crippen LogP contribution in [0.1, 0.15) is 10.4 Å². The Morgan fingerprint density at radius 1 is 1.03 bits per heavy atom. The summed E-state index contributed by atoms with van der Waals surface area (Å²) in [4.78, 5) is 16.9. The largest absolute Gasteiger partial charge is 0.436 e. The summed E-state index contributed by atoms with van der Waals surface area (Å²) in [5.74, 6) is 0.243. The predicted octanol–water partition coefficient (Wildman–Crippen LogP) is 6.75. The molecule has 4 aromatic rings. The van der Waals surface area contributed by atoms with Crippen molar-refractivity contribution in [3.63, 3.8) is 0 Å². The van der Waals surface area contributed by atoms with Gasteiger partial charge in [-0.3, -0.25) is 10.1 Å². The number of aromatic nitrogens is 1. The Hall–Kier alpha value is -1.82. The molecule has 0 spiro atoms. The van der Waals surface area contributed by atoms with Gasteiger partial charge in [-0.25, -0.2) is 4.98 Å². The highest BCUT2D eigenvalue weighted by Crippen LogP contribution is 2.32. The molecule has 9 heteroatoms. The van der Waals surface area contributed by atoms with Crippen LogP contribution < -0.4 is 10.6 Å². The van der Waals surface area contributed by atoms with Crippen molar-refractivity contribution in [1.82, 2.24) is 10.3 Å². The number of carbonyl (C=O) groups excluding carboxylic acids is 1. The van der Waals surface area contributed by atoms with Gasteiger partial charge in [0.25, 0.3) is 5.91 Å². The van der Waals surface area contributed by atoms with E-state index < -0.39 is 0 Å². The van der Waals surface area contributed by atoms with Crippen LogP contribution in [0.25, 0.3) is 22.6 Å². The summed E-state index contributed by atoms with van der Waals surface area (Å²) in [5, 5.41) is 5.89. The Labute approximate surface area is 208 Å². The number of nitrogens with one attached hydrogen (secondary N) is 2. The maximum atomic E-state index is 12.3. The summed E-state index contributed by atoms with van der Waals surface area (Å²) in [7, 11) is 0. The maximum Gasteiger partial charge on any atom is 0.257 e. The van der Waals surface area contributed by atoms with Crippen LogP contribution in [-0.4, -0.2) is 16.0 Å². The van der Waals surface area contributed by atoms with Gasteiger partial charge in [-0.2, -0.15) is 0 Å². The van der Waals surface area contributed by atoms with Crippen molar-refractivity contribution < 1.29 is 9.21 Å². The fraction of sp³-hybridized carbons (Fsp3) is 0. The Balaban J connectivity index is 1.51. The highest BCUT2D eigenvalue weighted by atomic mass is 127. The van der Waals surface area contributed by atoms with E-state index in [1.165, 1.54) is 0 Å². The van der Waals surface area contributed by atoms with E-state index in [-0.39, 0.29) is 11.0 Å². The summed E-state index contributed by atoms with van der Waals surface area (Å²) in [6.07, 6.45) is 0. The zero-order valence-corrected chi connectivity index (χ0v) is 21.2. The molecule has 0 saturated carbocycles. The smallest absolute Gasteiger partial charge is 0.257 e. The molecule has 0 aliphatic rings. The van der Waals surface area contributed by atoms with Gasteiger partial charge in [0.1, 0.15) is 5.52 Å². The van der Waals surface area contributed by atoms with E-state index in [1.807, 2.05) is 36.4 Å². The van der Waals surface area contributed by atoms with Crippen molar-refractivity contribution in [3.8, 4) is 11.5 Å². The fourth-order valence-electron chi connectivity index (χ4n) is 2.72. The first-order valence-electron chi connectivity index (χ1n) is 8.63. The second-order valence-corrected chi connectivity index (χ2v) is 9.66. The number of hydrogen-bond donors (Lipinski definition) is 2. The zero-order chi connectivity index (χ0) is 21.3. The first kappa shape index (κ1) is 21.4. The lowest BCUT2D eigenvalue weighted by Crippen LogP contribution is -2.34. The number of anilines is 1. The third kappa shape index (κ3) is 4.90. The number of carbonyl (C=O) groups is 1. The van der Waals surface area contributed by atoms with Crippen molar-refractivity contribution in [2.24, 2.45) is 0 Å². The van der Waals surface area contributed by atoms with Crippen LogP contribution in [0, 0.1) is 3.57 Å². The van der Waals surface area contributed by atoms with Gasteiger partial charge in [0.05, 0.1) is 5.56 Å². The first-order chi connectivity index (χ1) is 14.4. The Kier molecular flexibility index (Phi) is 6.51. The molecule has 3 aromatic carbocycles. The van der Waals surface area contributed by atoms with E-state index in [0.717, 1.165) is 18.1 Å². The summed E-state index contributed by atoms with van der Waals surface area (Å²) in [6, 6.07) is 18.5. The number of hydrogen-bond acceptors (Lipinski definition) is 4. The average molecular weight is 657 g/mol. The third-order valence-corrected chi connectivity index (χ3v) is 6.23. The molecule has 0 unspecified atom stereocenters. The maximum absolute atomic E-state index is 12.3. The summed E-state index contributed by atoms with van der Waals surface area (Å²) >= 11 is 14.4. The molecule has 150 valence electrons. The lowest BCUT2D eigenvalue weighted by molar-refractivity contribution is 0.0977. The van der Waals surface area contributed by atoms with Crippen molar-refractivity contribution in [2.75, 3.05) is 5.32 Å². The van der Waals surface area contributed by atoms with Gasteiger partial charge in [0.2, 0.25) is 5.89 Å². The number of benzene rings is 3. The summed E-state index contributed by atoms with van der Waals surface area (Å²) in [6.45, 7) is 0. The molecule has 0 fully saturated rings. The zero-order valence-electron chi connectivity index (χ0n) is 15.1. The lowest BCUT2D eigenvalue weighted by atomic mass is 10.2. The van der Waals surface area contributed by atoms with Crippen LogP contribution in [0.5, 0.6) is 0 Å². The van der Waals surface area contributed by atoms with Crippen LogP contribution in [0.3, 0.4) is 0 Å². The number of amides is 1. The number of fused-ring (bicyclic) bond motifs is 1. The Bertz CT molecular complexity index is 1280. The first-order valence-corrected chi connectivity index (χ1v) is 11.7. The number of thiocarbonyl (C=S) groups is 1. The average Bonchev–Trinajstić information content (AvgIpc) is 3.13. The molecule has 0 aliphatic carbocycles. The van der Waals surface area contributed by atoms with Crippen LogP contribution in [0.15, 0.2) is 74.0 Å². The van der Waals surface area contributed by atoms with Crippen molar-refractivity contribution in [1.29, 1.82) is 0 Å². The molecule has 0 aliphatic heterocycles. The molecule has 1 aromatic heterocycles. The summed E-state index contributed by atoms with van der Waals surface area (Å²) in [5.41, 5.74) is 3.44. The number of rotatable bonds is 3. The minimum absolute atomic E-state index is 0.200. The SMILES string of the molecule is O=C(NC(=S)Nc1ccc2oc(-c3cc(I)ccc3Br)nc2c1)c1ccc(Br)cc1. The van der Waals surface area contributed by atoms with Gasteiger partial charge in [0, 0.05) is 23.8 Å². The van der Waals surface area contributed by atoms with E-state index in [0.29, 0.717) is 28.2 Å². The second kappa shape index (κ2) is 9.13. The molecule has 0 saturated heterocycles.